The molecule has 2 heterocycles. The van der Waals surface area contributed by atoms with E-state index in [1.54, 1.807) is 17.8 Å². The molecule has 23 heavy (non-hydrogen) atoms. The normalized spacial score (nSPS) is 26.0. The molecule has 0 radical (unpaired) electrons. The number of phenolic OH excluding ortho intramolecular Hbond substituents is 1. The summed E-state index contributed by atoms with van der Waals surface area (Å²) in [6.45, 7) is 0.830. The lowest BCUT2D eigenvalue weighted by atomic mass is 9.77. The van der Waals surface area contributed by atoms with Gasteiger partial charge in [0.2, 0.25) is 0 Å². The van der Waals surface area contributed by atoms with Crippen LogP contribution >= 0.6 is 11.8 Å². The van der Waals surface area contributed by atoms with Crippen LogP contribution in [0.4, 0.5) is 5.69 Å². The van der Waals surface area contributed by atoms with Crippen molar-refractivity contribution in [2.45, 2.75) is 29.9 Å². The van der Waals surface area contributed by atoms with Gasteiger partial charge in [0.05, 0.1) is 12.1 Å². The van der Waals surface area contributed by atoms with E-state index in [-0.39, 0.29) is 12.1 Å². The predicted molar refractivity (Wildman–Crippen MR) is 94.1 cm³/mol. The van der Waals surface area contributed by atoms with Crippen molar-refractivity contribution < 1.29 is 9.84 Å². The van der Waals surface area contributed by atoms with Crippen LogP contribution in [0.1, 0.15) is 36.1 Å². The third kappa shape index (κ3) is 2.70. The zero-order valence-electron chi connectivity index (χ0n) is 13.2. The van der Waals surface area contributed by atoms with Crippen molar-refractivity contribution >= 4 is 17.4 Å². The molecule has 0 saturated carbocycles. The van der Waals surface area contributed by atoms with Gasteiger partial charge in [0.1, 0.15) is 5.75 Å². The van der Waals surface area contributed by atoms with Crippen LogP contribution in [0.5, 0.6) is 5.75 Å². The topological polar surface area (TPSA) is 41.5 Å². The first-order chi connectivity index (χ1) is 11.3. The lowest BCUT2D eigenvalue weighted by Gasteiger charge is -2.43. The highest BCUT2D eigenvalue weighted by atomic mass is 32.2. The van der Waals surface area contributed by atoms with Gasteiger partial charge in [0, 0.05) is 28.7 Å². The van der Waals surface area contributed by atoms with Gasteiger partial charge in [-0.05, 0) is 55.0 Å². The molecular weight excluding hydrogens is 306 g/mol. The summed E-state index contributed by atoms with van der Waals surface area (Å²) in [5.41, 5.74) is 3.56. The molecule has 2 aliphatic heterocycles. The Morgan fingerprint density at radius 1 is 1.22 bits per heavy atom. The lowest BCUT2D eigenvalue weighted by molar-refractivity contribution is -0.0382. The van der Waals surface area contributed by atoms with Gasteiger partial charge in [-0.3, -0.25) is 0 Å². The number of nitrogens with one attached hydrogen (secondary N) is 1. The van der Waals surface area contributed by atoms with Crippen molar-refractivity contribution in [3.05, 3.63) is 53.6 Å². The van der Waals surface area contributed by atoms with Gasteiger partial charge < -0.3 is 15.2 Å². The largest absolute Gasteiger partial charge is 0.508 e. The quantitative estimate of drug-likeness (QED) is 0.781. The SMILES string of the molecule is CSc1ccc2c(c1)[C@H]1OCCC[C@H]1[C@H](c1cccc(O)c1)N2. The number of benzene rings is 2. The van der Waals surface area contributed by atoms with Gasteiger partial charge >= 0.3 is 0 Å². The zero-order chi connectivity index (χ0) is 15.8. The van der Waals surface area contributed by atoms with E-state index in [2.05, 4.69) is 35.8 Å². The molecule has 120 valence electrons. The Labute approximate surface area is 141 Å². The van der Waals surface area contributed by atoms with Crippen molar-refractivity contribution in [1.82, 2.24) is 0 Å². The second-order valence-electron chi connectivity index (χ2n) is 6.27. The van der Waals surface area contributed by atoms with Crippen LogP contribution in [0.3, 0.4) is 0 Å². The molecule has 0 bridgehead atoms. The maximum atomic E-state index is 9.84. The minimum absolute atomic E-state index is 0.138. The highest BCUT2D eigenvalue weighted by Crippen LogP contribution is 2.49. The Hall–Kier alpha value is -1.65. The van der Waals surface area contributed by atoms with E-state index in [0.29, 0.717) is 11.7 Å². The smallest absolute Gasteiger partial charge is 0.115 e. The molecule has 3 atom stereocenters. The molecule has 4 rings (SSSR count). The Kier molecular flexibility index (Phi) is 3.95. The third-order valence-electron chi connectivity index (χ3n) is 4.90. The summed E-state index contributed by atoms with van der Waals surface area (Å²) in [5, 5.41) is 13.5. The number of rotatable bonds is 2. The van der Waals surface area contributed by atoms with E-state index >= 15 is 0 Å². The maximum absolute atomic E-state index is 9.84. The number of aromatic hydroxyl groups is 1. The number of phenols is 1. The van der Waals surface area contributed by atoms with Crippen LogP contribution < -0.4 is 5.32 Å². The van der Waals surface area contributed by atoms with Gasteiger partial charge in [0.25, 0.3) is 0 Å². The van der Waals surface area contributed by atoms with E-state index in [1.165, 1.54) is 10.5 Å². The molecule has 0 unspecified atom stereocenters. The van der Waals surface area contributed by atoms with Crippen LogP contribution in [-0.2, 0) is 4.74 Å². The molecule has 2 aliphatic rings. The highest BCUT2D eigenvalue weighted by Gasteiger charge is 2.39. The first kappa shape index (κ1) is 14.9. The number of thioether (sulfide) groups is 1. The van der Waals surface area contributed by atoms with Crippen LogP contribution in [0, 0.1) is 5.92 Å². The van der Waals surface area contributed by atoms with E-state index in [0.717, 1.165) is 30.7 Å². The minimum Gasteiger partial charge on any atom is -0.508 e. The molecule has 2 aromatic rings. The van der Waals surface area contributed by atoms with E-state index < -0.39 is 0 Å². The fourth-order valence-corrected chi connectivity index (χ4v) is 4.27. The third-order valence-corrected chi connectivity index (χ3v) is 5.63. The predicted octanol–water partition coefficient (Wildman–Crippen LogP) is 4.75. The summed E-state index contributed by atoms with van der Waals surface area (Å²) in [7, 11) is 0. The molecule has 2 aromatic carbocycles. The lowest BCUT2D eigenvalue weighted by Crippen LogP contribution is -2.36. The standard InChI is InChI=1S/C19H21NO2S/c1-23-14-7-8-17-16(11-14)19-15(6-3-9-22-19)18(20-17)12-4-2-5-13(21)10-12/h2,4-5,7-8,10-11,15,18-21H,3,6,9H2,1H3/t15-,18-,19-/m0/s1. The van der Waals surface area contributed by atoms with Crippen molar-refractivity contribution in [1.29, 1.82) is 0 Å². The second-order valence-corrected chi connectivity index (χ2v) is 7.15. The van der Waals surface area contributed by atoms with Crippen LogP contribution in [0.15, 0.2) is 47.4 Å². The molecule has 0 aromatic heterocycles. The number of fused-ring (bicyclic) bond motifs is 3. The molecule has 4 heteroatoms. The molecule has 0 amide bonds. The number of hydrogen-bond donors (Lipinski definition) is 2. The average molecular weight is 327 g/mol. The molecule has 2 N–H and O–H groups in total. The summed E-state index contributed by atoms with van der Waals surface area (Å²) in [5.74, 6) is 0.719. The van der Waals surface area contributed by atoms with Crippen molar-refractivity contribution in [3.63, 3.8) is 0 Å². The number of ether oxygens (including phenoxy) is 1. The van der Waals surface area contributed by atoms with E-state index in [9.17, 15) is 5.11 Å². The van der Waals surface area contributed by atoms with Crippen molar-refractivity contribution in [3.8, 4) is 5.75 Å². The van der Waals surface area contributed by atoms with Gasteiger partial charge in [0.15, 0.2) is 0 Å². The van der Waals surface area contributed by atoms with Crippen molar-refractivity contribution in [2.75, 3.05) is 18.2 Å². The molecule has 0 aliphatic carbocycles. The number of anilines is 1. The second kappa shape index (κ2) is 6.10. The Morgan fingerprint density at radius 3 is 2.96 bits per heavy atom. The maximum Gasteiger partial charge on any atom is 0.115 e. The summed E-state index contributed by atoms with van der Waals surface area (Å²) >= 11 is 1.76. The molecule has 0 spiro atoms. The summed E-state index contributed by atoms with van der Waals surface area (Å²) < 4.78 is 6.18. The zero-order valence-corrected chi connectivity index (χ0v) is 14.0. The fourth-order valence-electron chi connectivity index (χ4n) is 3.82. The Balaban J connectivity index is 1.77. The van der Waals surface area contributed by atoms with Gasteiger partial charge in [-0.2, -0.15) is 0 Å². The Morgan fingerprint density at radius 2 is 2.13 bits per heavy atom. The molecule has 1 fully saturated rings. The van der Waals surface area contributed by atoms with Crippen LogP contribution in [0.2, 0.25) is 0 Å². The van der Waals surface area contributed by atoms with Crippen LogP contribution in [0.25, 0.3) is 0 Å². The summed E-state index contributed by atoms with van der Waals surface area (Å²) in [4.78, 5) is 1.27. The van der Waals surface area contributed by atoms with Crippen molar-refractivity contribution in [2.24, 2.45) is 5.92 Å². The number of hydrogen-bond acceptors (Lipinski definition) is 4. The summed E-state index contributed by atoms with van der Waals surface area (Å²) in [6, 6.07) is 14.3. The first-order valence-corrected chi connectivity index (χ1v) is 9.34. The first-order valence-electron chi connectivity index (χ1n) is 8.11. The molecule has 1 saturated heterocycles. The van der Waals surface area contributed by atoms with Crippen LogP contribution in [-0.4, -0.2) is 18.0 Å². The van der Waals surface area contributed by atoms with E-state index in [1.807, 2.05) is 12.1 Å². The van der Waals surface area contributed by atoms with E-state index in [4.69, 9.17) is 4.74 Å². The monoisotopic (exact) mass is 327 g/mol. The molecule has 3 nitrogen and oxygen atoms in total. The molecular formula is C19H21NO2S. The van der Waals surface area contributed by atoms with Gasteiger partial charge in [-0.25, -0.2) is 0 Å². The minimum atomic E-state index is 0.138. The average Bonchev–Trinajstić information content (AvgIpc) is 2.60. The Bertz CT molecular complexity index is 718. The summed E-state index contributed by atoms with van der Waals surface area (Å²) in [6.07, 6.45) is 4.48. The fraction of sp³-hybridized carbons (Fsp3) is 0.368. The van der Waals surface area contributed by atoms with Gasteiger partial charge in [-0.1, -0.05) is 12.1 Å². The highest BCUT2D eigenvalue weighted by molar-refractivity contribution is 7.98. The van der Waals surface area contributed by atoms with Gasteiger partial charge in [-0.15, -0.1) is 11.8 Å².